The standard InChI is InChI=1S/C19H21N5S/c1-3-5-6-8-14(4-2)15-9-7-12-23(15)18-11-10-17-21-13-16(19(20)25)24(17)22-18/h3-6,8,10-11,13,15H,1-2,7,9,12H2,(H2,20,25)/b6-5-,14-8+/t15-/m1/s1. The lowest BCUT2D eigenvalue weighted by molar-refractivity contribution is 0.752. The first-order chi connectivity index (χ1) is 12.2. The number of hydrogen-bond acceptors (Lipinski definition) is 4. The number of rotatable bonds is 6. The predicted octanol–water partition coefficient (Wildman–Crippen LogP) is 3.19. The van der Waals surface area contributed by atoms with Gasteiger partial charge in [0, 0.05) is 6.54 Å². The lowest BCUT2D eigenvalue weighted by Gasteiger charge is -2.26. The Hall–Kier alpha value is -2.73. The minimum atomic E-state index is 0.244. The summed E-state index contributed by atoms with van der Waals surface area (Å²) in [6.45, 7) is 8.61. The molecule has 0 bridgehead atoms. The molecule has 2 N–H and O–H groups in total. The highest BCUT2D eigenvalue weighted by molar-refractivity contribution is 7.80. The van der Waals surface area contributed by atoms with E-state index in [0.717, 1.165) is 36.4 Å². The van der Waals surface area contributed by atoms with E-state index in [1.54, 1.807) is 16.8 Å². The van der Waals surface area contributed by atoms with Crippen LogP contribution in [0.5, 0.6) is 0 Å². The largest absolute Gasteiger partial charge is 0.388 e. The van der Waals surface area contributed by atoms with Crippen molar-refractivity contribution < 1.29 is 0 Å². The number of aromatic nitrogens is 3. The molecule has 0 amide bonds. The van der Waals surface area contributed by atoms with Crippen LogP contribution < -0.4 is 10.6 Å². The summed E-state index contributed by atoms with van der Waals surface area (Å²) >= 11 is 5.09. The van der Waals surface area contributed by atoms with Gasteiger partial charge in [-0.25, -0.2) is 9.50 Å². The summed E-state index contributed by atoms with van der Waals surface area (Å²) in [4.78, 5) is 6.87. The van der Waals surface area contributed by atoms with E-state index in [1.807, 2.05) is 30.4 Å². The number of fused-ring (bicyclic) bond motifs is 1. The van der Waals surface area contributed by atoms with Gasteiger partial charge in [-0.15, -0.1) is 5.10 Å². The molecule has 0 spiro atoms. The Kier molecular flexibility index (Phi) is 5.09. The Labute approximate surface area is 152 Å². The molecule has 0 aliphatic carbocycles. The molecule has 1 fully saturated rings. The zero-order valence-electron chi connectivity index (χ0n) is 14.0. The van der Waals surface area contributed by atoms with Gasteiger partial charge in [-0.1, -0.05) is 55.8 Å². The third-order valence-corrected chi connectivity index (χ3v) is 4.51. The van der Waals surface area contributed by atoms with E-state index in [0.29, 0.717) is 5.69 Å². The molecule has 0 unspecified atom stereocenters. The molecular weight excluding hydrogens is 330 g/mol. The van der Waals surface area contributed by atoms with Gasteiger partial charge in [0.25, 0.3) is 0 Å². The quantitative estimate of drug-likeness (QED) is 0.640. The molecule has 1 saturated heterocycles. The van der Waals surface area contributed by atoms with Crippen LogP contribution in [0.3, 0.4) is 0 Å². The average Bonchev–Trinajstić information content (AvgIpc) is 3.25. The lowest BCUT2D eigenvalue weighted by atomic mass is 10.0. The predicted molar refractivity (Wildman–Crippen MR) is 107 cm³/mol. The summed E-state index contributed by atoms with van der Waals surface area (Å²) in [5, 5.41) is 4.72. The molecular formula is C19H21N5S. The van der Waals surface area contributed by atoms with Crippen LogP contribution in [0, 0.1) is 0 Å². The van der Waals surface area contributed by atoms with E-state index in [2.05, 4.69) is 29.1 Å². The zero-order valence-corrected chi connectivity index (χ0v) is 14.8. The second-order valence-electron chi connectivity index (χ2n) is 5.81. The summed E-state index contributed by atoms with van der Waals surface area (Å²) in [6, 6.07) is 4.17. The summed E-state index contributed by atoms with van der Waals surface area (Å²) < 4.78 is 1.71. The van der Waals surface area contributed by atoms with Crippen molar-refractivity contribution in [2.45, 2.75) is 18.9 Å². The lowest BCUT2D eigenvalue weighted by Crippen LogP contribution is -2.31. The molecule has 25 heavy (non-hydrogen) atoms. The van der Waals surface area contributed by atoms with Crippen LogP contribution in [-0.2, 0) is 0 Å². The van der Waals surface area contributed by atoms with Gasteiger partial charge in [0.2, 0.25) is 0 Å². The van der Waals surface area contributed by atoms with Crippen LogP contribution in [0.25, 0.3) is 5.65 Å². The van der Waals surface area contributed by atoms with Gasteiger partial charge >= 0.3 is 0 Å². The van der Waals surface area contributed by atoms with E-state index < -0.39 is 0 Å². The fraction of sp³-hybridized carbons (Fsp3) is 0.211. The molecule has 2 aromatic rings. The molecule has 0 radical (unpaired) electrons. The Bertz CT molecular complexity index is 877. The second-order valence-corrected chi connectivity index (χ2v) is 6.25. The van der Waals surface area contributed by atoms with Crippen molar-refractivity contribution in [1.29, 1.82) is 0 Å². The molecule has 128 valence electrons. The van der Waals surface area contributed by atoms with Gasteiger partial charge in [0.05, 0.1) is 12.2 Å². The van der Waals surface area contributed by atoms with Crippen LogP contribution in [0.4, 0.5) is 5.82 Å². The number of allylic oxidation sites excluding steroid dienone is 4. The number of nitrogens with zero attached hydrogens (tertiary/aromatic N) is 4. The Balaban J connectivity index is 1.98. The molecule has 1 atom stereocenters. The first kappa shape index (κ1) is 17.1. The maximum atomic E-state index is 5.77. The van der Waals surface area contributed by atoms with E-state index >= 15 is 0 Å². The van der Waals surface area contributed by atoms with Gasteiger partial charge in [0.15, 0.2) is 5.65 Å². The van der Waals surface area contributed by atoms with Gasteiger partial charge in [-0.05, 0) is 30.5 Å². The van der Waals surface area contributed by atoms with Crippen LogP contribution in [-0.4, -0.2) is 32.2 Å². The van der Waals surface area contributed by atoms with E-state index in [1.165, 1.54) is 0 Å². The third kappa shape index (κ3) is 3.39. The SMILES string of the molecule is C=C/C=C\C=C(/C=C)[C@H]1CCCN1c1ccc2ncc(C(N)=S)n2n1. The minimum Gasteiger partial charge on any atom is -0.388 e. The number of thiocarbonyl (C=S) groups is 1. The van der Waals surface area contributed by atoms with Gasteiger partial charge in [0.1, 0.15) is 16.5 Å². The molecule has 1 aliphatic heterocycles. The molecule has 0 aromatic carbocycles. The maximum absolute atomic E-state index is 5.77. The van der Waals surface area contributed by atoms with Gasteiger partial charge in [-0.2, -0.15) is 0 Å². The fourth-order valence-electron chi connectivity index (χ4n) is 3.13. The van der Waals surface area contributed by atoms with Crippen LogP contribution in [0.1, 0.15) is 18.5 Å². The molecule has 2 aromatic heterocycles. The average molecular weight is 351 g/mol. The highest BCUT2D eigenvalue weighted by Crippen LogP contribution is 2.29. The highest BCUT2D eigenvalue weighted by atomic mass is 32.1. The van der Waals surface area contributed by atoms with E-state index in [-0.39, 0.29) is 11.0 Å². The van der Waals surface area contributed by atoms with Crippen molar-refractivity contribution in [2.75, 3.05) is 11.4 Å². The first-order valence-electron chi connectivity index (χ1n) is 8.18. The molecule has 5 nitrogen and oxygen atoms in total. The van der Waals surface area contributed by atoms with Crippen LogP contribution >= 0.6 is 12.2 Å². The molecule has 0 saturated carbocycles. The topological polar surface area (TPSA) is 59.5 Å². The first-order valence-corrected chi connectivity index (χ1v) is 8.59. The molecule has 3 heterocycles. The maximum Gasteiger partial charge on any atom is 0.154 e. The molecule has 6 heteroatoms. The summed E-state index contributed by atoms with van der Waals surface area (Å²) in [7, 11) is 0. The second kappa shape index (κ2) is 7.44. The molecule has 3 rings (SSSR count). The monoisotopic (exact) mass is 351 g/mol. The minimum absolute atomic E-state index is 0.244. The normalized spacial score (nSPS) is 18.2. The third-order valence-electron chi connectivity index (χ3n) is 4.30. The van der Waals surface area contributed by atoms with E-state index in [9.17, 15) is 0 Å². The van der Waals surface area contributed by atoms with Crippen molar-refractivity contribution in [2.24, 2.45) is 5.73 Å². The van der Waals surface area contributed by atoms with Crippen molar-refractivity contribution in [1.82, 2.24) is 14.6 Å². The van der Waals surface area contributed by atoms with Crippen LogP contribution in [0.15, 0.2) is 67.4 Å². The number of imidazole rings is 1. The highest BCUT2D eigenvalue weighted by Gasteiger charge is 2.28. The number of hydrogen-bond donors (Lipinski definition) is 1. The van der Waals surface area contributed by atoms with Crippen molar-refractivity contribution in [3.05, 3.63) is 73.1 Å². The number of anilines is 1. The van der Waals surface area contributed by atoms with Crippen molar-refractivity contribution in [3.8, 4) is 0 Å². The smallest absolute Gasteiger partial charge is 0.154 e. The summed E-state index contributed by atoms with van der Waals surface area (Å²) in [5.74, 6) is 0.881. The Morgan fingerprint density at radius 2 is 2.16 bits per heavy atom. The fourth-order valence-corrected chi connectivity index (χ4v) is 3.27. The zero-order chi connectivity index (χ0) is 17.8. The Morgan fingerprint density at radius 3 is 2.88 bits per heavy atom. The summed E-state index contributed by atoms with van der Waals surface area (Å²) in [6.07, 6.45) is 13.5. The number of nitrogens with two attached hydrogens (primary N) is 1. The molecule has 1 aliphatic rings. The Morgan fingerprint density at radius 1 is 1.32 bits per heavy atom. The van der Waals surface area contributed by atoms with Gasteiger partial charge in [-0.3, -0.25) is 0 Å². The van der Waals surface area contributed by atoms with E-state index in [4.69, 9.17) is 23.1 Å². The van der Waals surface area contributed by atoms with Gasteiger partial charge < -0.3 is 10.6 Å². The van der Waals surface area contributed by atoms with Crippen LogP contribution in [0.2, 0.25) is 0 Å². The van der Waals surface area contributed by atoms with Crippen molar-refractivity contribution >= 4 is 28.7 Å². The van der Waals surface area contributed by atoms with Crippen molar-refractivity contribution in [3.63, 3.8) is 0 Å². The summed E-state index contributed by atoms with van der Waals surface area (Å²) in [5.41, 5.74) is 8.32.